The van der Waals surface area contributed by atoms with Gasteiger partial charge in [-0.15, -0.1) is 5.10 Å². The summed E-state index contributed by atoms with van der Waals surface area (Å²) in [5.74, 6) is 0.0353. The van der Waals surface area contributed by atoms with Crippen LogP contribution in [0, 0.1) is 12.7 Å². The van der Waals surface area contributed by atoms with Crippen molar-refractivity contribution in [3.8, 4) is 10.9 Å². The molecule has 0 saturated heterocycles. The Morgan fingerprint density at radius 2 is 2.25 bits per heavy atom. The zero-order valence-electron chi connectivity index (χ0n) is 8.48. The summed E-state index contributed by atoms with van der Waals surface area (Å²) in [6.45, 7) is 1.63. The van der Waals surface area contributed by atoms with Crippen LogP contribution in [0.2, 0.25) is 0 Å². The van der Waals surface area contributed by atoms with Crippen LogP contribution < -0.4 is 4.74 Å². The molecule has 0 bridgehead atoms. The summed E-state index contributed by atoms with van der Waals surface area (Å²) in [6.07, 6.45) is 0. The topological polar surface area (TPSA) is 55.2 Å². The number of halogens is 1. The average Bonchev–Trinajstić information content (AvgIpc) is 2.71. The van der Waals surface area contributed by atoms with Gasteiger partial charge in [-0.2, -0.15) is 0 Å². The van der Waals surface area contributed by atoms with Crippen molar-refractivity contribution in [2.75, 3.05) is 0 Å². The van der Waals surface area contributed by atoms with Crippen molar-refractivity contribution in [2.45, 2.75) is 13.5 Å². The summed E-state index contributed by atoms with van der Waals surface area (Å²) in [5, 5.41) is 17.0. The molecular weight excluding hydrogens is 231 g/mol. The van der Waals surface area contributed by atoms with Crippen molar-refractivity contribution >= 4 is 11.3 Å². The number of aliphatic hydroxyl groups is 1. The molecule has 16 heavy (non-hydrogen) atoms. The minimum Gasteiger partial charge on any atom is -0.429 e. The number of nitrogens with zero attached hydrogens (tertiary/aromatic N) is 2. The predicted molar refractivity (Wildman–Crippen MR) is 57.0 cm³/mol. The molecule has 0 aliphatic heterocycles. The van der Waals surface area contributed by atoms with Gasteiger partial charge in [-0.25, -0.2) is 4.39 Å². The molecule has 0 saturated carbocycles. The van der Waals surface area contributed by atoms with Crippen LogP contribution in [0.3, 0.4) is 0 Å². The summed E-state index contributed by atoms with van der Waals surface area (Å²) >= 11 is 1.13. The smallest absolute Gasteiger partial charge is 0.299 e. The van der Waals surface area contributed by atoms with Crippen molar-refractivity contribution in [2.24, 2.45) is 0 Å². The van der Waals surface area contributed by atoms with Crippen molar-refractivity contribution in [3.05, 3.63) is 34.6 Å². The number of benzene rings is 1. The molecular formula is C10H9FN2O2S. The lowest BCUT2D eigenvalue weighted by molar-refractivity contribution is 0.280. The monoisotopic (exact) mass is 240 g/mol. The van der Waals surface area contributed by atoms with Crippen molar-refractivity contribution in [1.82, 2.24) is 10.2 Å². The second kappa shape index (κ2) is 4.54. The maximum absolute atomic E-state index is 13.0. The molecule has 2 aromatic rings. The standard InChI is InChI=1S/C10H9FN2O2S/c1-6-2-3-7(11)4-8(6)15-10-13-12-9(5-14)16-10/h2-4,14H,5H2,1H3. The first-order valence-electron chi connectivity index (χ1n) is 4.56. The lowest BCUT2D eigenvalue weighted by atomic mass is 10.2. The fourth-order valence-corrected chi connectivity index (χ4v) is 1.68. The third-order valence-electron chi connectivity index (χ3n) is 1.93. The van der Waals surface area contributed by atoms with Crippen LogP contribution in [0.5, 0.6) is 10.9 Å². The summed E-state index contributed by atoms with van der Waals surface area (Å²) in [4.78, 5) is 0. The zero-order valence-corrected chi connectivity index (χ0v) is 9.29. The molecule has 6 heteroatoms. The molecule has 1 N–H and O–H groups in total. The van der Waals surface area contributed by atoms with Crippen LogP contribution in [0.1, 0.15) is 10.6 Å². The third-order valence-corrected chi connectivity index (χ3v) is 2.72. The van der Waals surface area contributed by atoms with Gasteiger partial charge in [0.05, 0.1) is 6.61 Å². The van der Waals surface area contributed by atoms with Gasteiger partial charge in [-0.1, -0.05) is 22.5 Å². The highest BCUT2D eigenvalue weighted by Crippen LogP contribution is 2.27. The first-order chi connectivity index (χ1) is 7.69. The molecule has 0 unspecified atom stereocenters. The zero-order chi connectivity index (χ0) is 11.5. The second-order valence-corrected chi connectivity index (χ2v) is 4.16. The highest BCUT2D eigenvalue weighted by Gasteiger charge is 2.08. The number of aromatic nitrogens is 2. The number of hydrogen-bond donors (Lipinski definition) is 1. The molecule has 1 aromatic carbocycles. The molecule has 0 aliphatic carbocycles. The van der Waals surface area contributed by atoms with Gasteiger partial charge in [0.2, 0.25) is 0 Å². The Morgan fingerprint density at radius 3 is 2.94 bits per heavy atom. The summed E-state index contributed by atoms with van der Waals surface area (Å²) < 4.78 is 18.3. The van der Waals surface area contributed by atoms with Gasteiger partial charge in [-0.3, -0.25) is 0 Å². The maximum atomic E-state index is 13.0. The van der Waals surface area contributed by atoms with E-state index in [9.17, 15) is 4.39 Å². The lowest BCUT2D eigenvalue weighted by Crippen LogP contribution is -1.88. The Kier molecular flexibility index (Phi) is 3.12. The Hall–Kier alpha value is -1.53. The SMILES string of the molecule is Cc1ccc(F)cc1Oc1nnc(CO)s1. The summed E-state index contributed by atoms with van der Waals surface area (Å²) in [6, 6.07) is 4.27. The normalized spacial score (nSPS) is 10.4. The average molecular weight is 240 g/mol. The largest absolute Gasteiger partial charge is 0.429 e. The quantitative estimate of drug-likeness (QED) is 0.894. The van der Waals surface area contributed by atoms with Crippen molar-refractivity contribution in [1.29, 1.82) is 0 Å². The maximum Gasteiger partial charge on any atom is 0.299 e. The molecule has 0 fully saturated rings. The van der Waals surface area contributed by atoms with Crippen LogP contribution in [0.15, 0.2) is 18.2 Å². The predicted octanol–water partition coefficient (Wildman–Crippen LogP) is 2.27. The summed E-state index contributed by atoms with van der Waals surface area (Å²) in [7, 11) is 0. The van der Waals surface area contributed by atoms with E-state index in [1.807, 2.05) is 6.92 Å². The van der Waals surface area contributed by atoms with Gasteiger partial charge in [-0.05, 0) is 18.6 Å². The molecule has 1 heterocycles. The number of rotatable bonds is 3. The minimum absolute atomic E-state index is 0.177. The molecule has 2 rings (SSSR count). The van der Waals surface area contributed by atoms with E-state index in [4.69, 9.17) is 9.84 Å². The Labute approximate surface area is 95.3 Å². The van der Waals surface area contributed by atoms with Crippen molar-refractivity contribution < 1.29 is 14.2 Å². The molecule has 0 aliphatic rings. The van der Waals surface area contributed by atoms with Gasteiger partial charge >= 0.3 is 0 Å². The molecule has 0 radical (unpaired) electrons. The minimum atomic E-state index is -0.368. The van der Waals surface area contributed by atoms with Gasteiger partial charge in [0, 0.05) is 6.07 Å². The molecule has 0 amide bonds. The van der Waals surface area contributed by atoms with E-state index in [2.05, 4.69) is 10.2 Å². The first-order valence-corrected chi connectivity index (χ1v) is 5.38. The van der Waals surface area contributed by atoms with E-state index in [0.29, 0.717) is 10.8 Å². The number of aliphatic hydroxyl groups excluding tert-OH is 1. The van der Waals surface area contributed by atoms with Crippen LogP contribution in [0.25, 0.3) is 0 Å². The van der Waals surface area contributed by atoms with Crippen LogP contribution >= 0.6 is 11.3 Å². The highest BCUT2D eigenvalue weighted by molar-refractivity contribution is 7.13. The highest BCUT2D eigenvalue weighted by atomic mass is 32.1. The Morgan fingerprint density at radius 1 is 1.44 bits per heavy atom. The van der Waals surface area contributed by atoms with Gasteiger partial charge in [0.15, 0.2) is 0 Å². The molecule has 0 spiro atoms. The lowest BCUT2D eigenvalue weighted by Gasteiger charge is -2.04. The van der Waals surface area contributed by atoms with E-state index >= 15 is 0 Å². The third kappa shape index (κ3) is 2.34. The fourth-order valence-electron chi connectivity index (χ4n) is 1.12. The van der Waals surface area contributed by atoms with E-state index in [1.54, 1.807) is 6.07 Å². The molecule has 1 aromatic heterocycles. The molecule has 4 nitrogen and oxygen atoms in total. The van der Waals surface area contributed by atoms with E-state index < -0.39 is 0 Å². The Balaban J connectivity index is 2.22. The van der Waals surface area contributed by atoms with Crippen molar-refractivity contribution in [3.63, 3.8) is 0 Å². The second-order valence-electron chi connectivity index (χ2n) is 3.13. The van der Waals surface area contributed by atoms with Gasteiger partial charge < -0.3 is 9.84 Å². The van der Waals surface area contributed by atoms with Crippen LogP contribution in [0.4, 0.5) is 4.39 Å². The number of ether oxygens (including phenoxy) is 1. The Bertz CT molecular complexity index is 501. The van der Waals surface area contributed by atoms with Gasteiger partial charge in [0.1, 0.15) is 16.6 Å². The van der Waals surface area contributed by atoms with Crippen LogP contribution in [-0.2, 0) is 6.61 Å². The summed E-state index contributed by atoms with van der Waals surface area (Å²) in [5.41, 5.74) is 0.808. The molecule has 0 atom stereocenters. The number of aryl methyl sites for hydroxylation is 1. The van der Waals surface area contributed by atoms with E-state index in [-0.39, 0.29) is 17.6 Å². The van der Waals surface area contributed by atoms with Gasteiger partial charge in [0.25, 0.3) is 5.19 Å². The molecule has 84 valence electrons. The fraction of sp³-hybridized carbons (Fsp3) is 0.200. The van der Waals surface area contributed by atoms with E-state index in [1.165, 1.54) is 12.1 Å². The first kappa shape index (κ1) is 11.0. The number of hydrogen-bond acceptors (Lipinski definition) is 5. The van der Waals surface area contributed by atoms with Crippen LogP contribution in [-0.4, -0.2) is 15.3 Å². The van der Waals surface area contributed by atoms with E-state index in [0.717, 1.165) is 16.9 Å².